The van der Waals surface area contributed by atoms with Crippen LogP contribution in [0.2, 0.25) is 0 Å². The fourth-order valence-corrected chi connectivity index (χ4v) is 2.77. The first-order valence-electron chi connectivity index (χ1n) is 7.06. The van der Waals surface area contributed by atoms with Crippen molar-refractivity contribution >= 4 is 0 Å². The van der Waals surface area contributed by atoms with Crippen LogP contribution in [0.15, 0.2) is 0 Å². The van der Waals surface area contributed by atoms with E-state index in [0.29, 0.717) is 6.04 Å². The van der Waals surface area contributed by atoms with Crippen LogP contribution in [0.1, 0.15) is 52.9 Å². The first kappa shape index (κ1) is 14.0. The van der Waals surface area contributed by atoms with Gasteiger partial charge in [0.25, 0.3) is 0 Å². The molecule has 3 atom stereocenters. The van der Waals surface area contributed by atoms with Gasteiger partial charge in [0.1, 0.15) is 0 Å². The molecule has 0 aromatic carbocycles. The normalized spacial score (nSPS) is 26.6. The maximum absolute atomic E-state index is 5.77. The quantitative estimate of drug-likeness (QED) is 0.754. The zero-order valence-corrected chi connectivity index (χ0v) is 11.4. The Morgan fingerprint density at radius 2 is 2.06 bits per heavy atom. The molecular weight excluding hydrogens is 196 g/mol. The Labute approximate surface area is 102 Å². The highest BCUT2D eigenvalue weighted by molar-refractivity contribution is 4.72. The van der Waals surface area contributed by atoms with Crippen molar-refractivity contribution in [3.05, 3.63) is 0 Å². The average Bonchev–Trinajstić information content (AvgIpc) is 2.16. The summed E-state index contributed by atoms with van der Waals surface area (Å²) in [5.74, 6) is 1.74. The third kappa shape index (κ3) is 5.86. The predicted molar refractivity (Wildman–Crippen MR) is 71.5 cm³/mol. The largest absolute Gasteiger partial charge is 0.328 e. The Hall–Kier alpha value is -0.0800. The molecule has 2 N–H and O–H groups in total. The summed E-state index contributed by atoms with van der Waals surface area (Å²) in [5, 5.41) is 0. The highest BCUT2D eigenvalue weighted by Crippen LogP contribution is 2.18. The molecular formula is C14H30N2. The van der Waals surface area contributed by atoms with Crippen molar-refractivity contribution in [2.45, 2.75) is 58.9 Å². The Bertz CT molecular complexity index is 180. The van der Waals surface area contributed by atoms with Crippen molar-refractivity contribution in [1.82, 2.24) is 4.90 Å². The molecule has 1 saturated heterocycles. The number of hydrogen-bond donors (Lipinski definition) is 1. The molecule has 0 aliphatic carbocycles. The number of nitrogens with two attached hydrogens (primary N) is 1. The van der Waals surface area contributed by atoms with Gasteiger partial charge in [0, 0.05) is 19.1 Å². The van der Waals surface area contributed by atoms with Gasteiger partial charge >= 0.3 is 0 Å². The van der Waals surface area contributed by atoms with Crippen molar-refractivity contribution in [2.24, 2.45) is 17.6 Å². The third-order valence-electron chi connectivity index (χ3n) is 3.67. The monoisotopic (exact) mass is 226 g/mol. The summed E-state index contributed by atoms with van der Waals surface area (Å²) >= 11 is 0. The summed E-state index contributed by atoms with van der Waals surface area (Å²) in [7, 11) is 0. The summed E-state index contributed by atoms with van der Waals surface area (Å²) in [6.45, 7) is 10.8. The second kappa shape index (κ2) is 7.29. The molecule has 1 aliphatic rings. The summed E-state index contributed by atoms with van der Waals surface area (Å²) in [5.41, 5.74) is 5.77. The summed E-state index contributed by atoms with van der Waals surface area (Å²) < 4.78 is 0. The van der Waals surface area contributed by atoms with E-state index in [1.165, 1.54) is 51.7 Å². The highest BCUT2D eigenvalue weighted by Gasteiger charge is 2.17. The van der Waals surface area contributed by atoms with Gasteiger partial charge in [-0.15, -0.1) is 0 Å². The van der Waals surface area contributed by atoms with E-state index in [2.05, 4.69) is 25.7 Å². The molecule has 16 heavy (non-hydrogen) atoms. The fraction of sp³-hybridized carbons (Fsp3) is 1.00. The minimum absolute atomic E-state index is 0.377. The van der Waals surface area contributed by atoms with Crippen molar-refractivity contribution < 1.29 is 0 Å². The summed E-state index contributed by atoms with van der Waals surface area (Å²) in [6.07, 6.45) is 6.64. The van der Waals surface area contributed by atoms with Gasteiger partial charge in [-0.3, -0.25) is 0 Å². The van der Waals surface area contributed by atoms with E-state index in [1.807, 2.05) is 0 Å². The van der Waals surface area contributed by atoms with Crippen LogP contribution in [-0.4, -0.2) is 30.6 Å². The summed E-state index contributed by atoms with van der Waals surface area (Å²) in [6, 6.07) is 0.377. The first-order valence-corrected chi connectivity index (χ1v) is 7.06. The SMILES string of the molecule is CC(N)CCCC(C)CN1CCCC(C)C1. The van der Waals surface area contributed by atoms with Crippen molar-refractivity contribution in [1.29, 1.82) is 0 Å². The van der Waals surface area contributed by atoms with Crippen LogP contribution in [0.25, 0.3) is 0 Å². The highest BCUT2D eigenvalue weighted by atomic mass is 15.1. The van der Waals surface area contributed by atoms with Gasteiger partial charge in [-0.05, 0) is 51.0 Å². The van der Waals surface area contributed by atoms with Gasteiger partial charge in [0.05, 0.1) is 0 Å². The number of nitrogens with zero attached hydrogens (tertiary/aromatic N) is 1. The second-order valence-electron chi connectivity index (χ2n) is 6.02. The molecule has 0 saturated carbocycles. The number of hydrogen-bond acceptors (Lipinski definition) is 2. The molecule has 1 rings (SSSR count). The van der Waals surface area contributed by atoms with Crippen LogP contribution >= 0.6 is 0 Å². The van der Waals surface area contributed by atoms with Gasteiger partial charge in [0.2, 0.25) is 0 Å². The van der Waals surface area contributed by atoms with E-state index in [4.69, 9.17) is 5.73 Å². The van der Waals surface area contributed by atoms with Gasteiger partial charge in [0.15, 0.2) is 0 Å². The maximum Gasteiger partial charge on any atom is 0.00104 e. The predicted octanol–water partition coefficient (Wildman–Crippen LogP) is 2.87. The lowest BCUT2D eigenvalue weighted by molar-refractivity contribution is 0.159. The molecule has 0 amide bonds. The van der Waals surface area contributed by atoms with Crippen LogP contribution in [0.5, 0.6) is 0 Å². The van der Waals surface area contributed by atoms with Gasteiger partial charge < -0.3 is 10.6 Å². The lowest BCUT2D eigenvalue weighted by Crippen LogP contribution is -2.37. The van der Waals surface area contributed by atoms with Gasteiger partial charge in [-0.1, -0.05) is 20.3 Å². The van der Waals surface area contributed by atoms with Crippen LogP contribution in [0.3, 0.4) is 0 Å². The molecule has 96 valence electrons. The molecule has 1 aliphatic heterocycles. The molecule has 0 aromatic rings. The lowest BCUT2D eigenvalue weighted by atomic mass is 9.97. The molecule has 0 radical (unpaired) electrons. The van der Waals surface area contributed by atoms with Crippen molar-refractivity contribution in [2.75, 3.05) is 19.6 Å². The average molecular weight is 226 g/mol. The third-order valence-corrected chi connectivity index (χ3v) is 3.67. The van der Waals surface area contributed by atoms with Crippen molar-refractivity contribution in [3.63, 3.8) is 0 Å². The van der Waals surface area contributed by atoms with Crippen LogP contribution in [0.4, 0.5) is 0 Å². The molecule has 0 spiro atoms. The number of piperidine rings is 1. The molecule has 2 heteroatoms. The molecule has 0 bridgehead atoms. The summed E-state index contributed by atoms with van der Waals surface area (Å²) in [4.78, 5) is 2.66. The first-order chi connectivity index (χ1) is 7.58. The van der Waals surface area contributed by atoms with E-state index >= 15 is 0 Å². The molecule has 2 nitrogen and oxygen atoms in total. The Balaban J connectivity index is 2.10. The Kier molecular flexibility index (Phi) is 6.37. The van der Waals surface area contributed by atoms with E-state index in [0.717, 1.165) is 11.8 Å². The fourth-order valence-electron chi connectivity index (χ4n) is 2.77. The topological polar surface area (TPSA) is 29.3 Å². The zero-order chi connectivity index (χ0) is 12.0. The lowest BCUT2D eigenvalue weighted by Gasteiger charge is -2.32. The Morgan fingerprint density at radius 3 is 2.69 bits per heavy atom. The molecule has 1 heterocycles. The van der Waals surface area contributed by atoms with Crippen LogP contribution in [-0.2, 0) is 0 Å². The number of likely N-dealkylation sites (tertiary alicyclic amines) is 1. The van der Waals surface area contributed by atoms with Gasteiger partial charge in [-0.2, -0.15) is 0 Å². The van der Waals surface area contributed by atoms with Crippen LogP contribution in [0, 0.1) is 11.8 Å². The maximum atomic E-state index is 5.77. The minimum Gasteiger partial charge on any atom is -0.328 e. The van der Waals surface area contributed by atoms with Crippen molar-refractivity contribution in [3.8, 4) is 0 Å². The zero-order valence-electron chi connectivity index (χ0n) is 11.4. The minimum atomic E-state index is 0.377. The second-order valence-corrected chi connectivity index (χ2v) is 6.02. The standard InChI is InChI=1S/C14H30N2/c1-12(6-4-8-14(3)15)10-16-9-5-7-13(2)11-16/h12-14H,4-11,15H2,1-3H3. The van der Waals surface area contributed by atoms with E-state index < -0.39 is 0 Å². The van der Waals surface area contributed by atoms with E-state index in [-0.39, 0.29) is 0 Å². The smallest absolute Gasteiger partial charge is 0.00104 e. The van der Waals surface area contributed by atoms with E-state index in [9.17, 15) is 0 Å². The number of rotatable bonds is 6. The van der Waals surface area contributed by atoms with E-state index in [1.54, 1.807) is 0 Å². The van der Waals surface area contributed by atoms with Gasteiger partial charge in [-0.25, -0.2) is 0 Å². The molecule has 0 aromatic heterocycles. The Morgan fingerprint density at radius 1 is 1.31 bits per heavy atom. The van der Waals surface area contributed by atoms with Crippen LogP contribution < -0.4 is 5.73 Å². The molecule has 1 fully saturated rings. The molecule has 3 unspecified atom stereocenters.